The van der Waals surface area contributed by atoms with Gasteiger partial charge in [0.15, 0.2) is 0 Å². The lowest BCUT2D eigenvalue weighted by molar-refractivity contribution is -0.466. The zero-order chi connectivity index (χ0) is 50.2. The van der Waals surface area contributed by atoms with Crippen molar-refractivity contribution in [2.45, 2.75) is 99.9 Å². The number of alkyl halides is 36. The average molecular weight is 1030 g/mol. The van der Waals surface area contributed by atoms with Crippen molar-refractivity contribution in [3.05, 3.63) is 0 Å². The van der Waals surface area contributed by atoms with E-state index in [2.05, 4.69) is 0 Å². The maximum atomic E-state index is 14.0. The predicted octanol–water partition coefficient (Wildman–Crippen LogP) is 10.2. The van der Waals surface area contributed by atoms with E-state index >= 15 is 0 Å². The summed E-state index contributed by atoms with van der Waals surface area (Å²) in [6, 6.07) is 0. The molecule has 0 unspecified atom stereocenters. The summed E-state index contributed by atoms with van der Waals surface area (Å²) >= 11 is 0. The molecule has 0 aromatic carbocycles. The molecule has 0 atom stereocenters. The fraction of sp³-hybridized carbons (Fsp3) is 1.00. The number of hydrogen-bond acceptors (Lipinski definition) is 5. The minimum atomic E-state index is -10.3. The molecule has 0 bridgehead atoms. The third-order valence-corrected chi connectivity index (χ3v) is 9.79. The van der Waals surface area contributed by atoms with Crippen LogP contribution >= 0.6 is 0 Å². The predicted molar refractivity (Wildman–Crippen MR) is 105 cm³/mol. The first-order valence-corrected chi connectivity index (χ1v) is 14.8. The molecule has 0 spiro atoms. The van der Waals surface area contributed by atoms with Gasteiger partial charge in [-0.25, -0.2) is 0 Å². The number of halogens is 36. The van der Waals surface area contributed by atoms with Crippen molar-refractivity contribution in [1.82, 2.24) is 0 Å². The highest BCUT2D eigenvalue weighted by atomic mass is 32.3. The minimum absolute atomic E-state index is 0.928. The second kappa shape index (κ2) is 13.7. The molecule has 0 fully saturated rings. The molecule has 0 rings (SSSR count). The highest BCUT2D eigenvalue weighted by Crippen LogP contribution is 2.67. The van der Waals surface area contributed by atoms with Gasteiger partial charge in [-0.1, -0.05) is 0 Å². The van der Waals surface area contributed by atoms with Gasteiger partial charge in [0.25, 0.3) is 0 Å². The lowest BCUT2D eigenvalue weighted by atomic mass is 9.89. The maximum Gasteiger partial charge on any atom is 0.460 e. The van der Waals surface area contributed by atoms with Crippen molar-refractivity contribution in [2.24, 2.45) is 0 Å². The molecule has 60 heavy (non-hydrogen) atoms. The molecule has 0 saturated heterocycles. The molecule has 0 heterocycles. The normalized spacial score (nSPS) is 17.3. The topological polar surface area (TPSA) is 77.5 Å². The summed E-state index contributed by atoms with van der Waals surface area (Å²) in [5.41, 5.74) is 0. The van der Waals surface area contributed by atoms with E-state index in [1.165, 1.54) is 0 Å². The van der Waals surface area contributed by atoms with Crippen LogP contribution in [0.4, 0.5) is 158 Å². The van der Waals surface area contributed by atoms with E-state index in [9.17, 15) is 175 Å². The summed E-state index contributed by atoms with van der Waals surface area (Å²) in [5.74, 6) is -125. The van der Waals surface area contributed by atoms with Crippen LogP contribution in [0.25, 0.3) is 0 Å². The van der Waals surface area contributed by atoms with Crippen molar-refractivity contribution < 1.29 is 179 Å². The van der Waals surface area contributed by atoms with Crippen molar-refractivity contribution in [1.29, 1.82) is 0 Å². The minimum Gasteiger partial charge on any atom is -0.192 e. The van der Waals surface area contributed by atoms with E-state index in [0.717, 1.165) is 3.63 Å². The molecule has 362 valence electrons. The van der Waals surface area contributed by atoms with Crippen molar-refractivity contribution in [3.8, 4) is 0 Å². The Morgan fingerprint density at radius 1 is 0.200 bits per heavy atom. The molecule has 43 heteroatoms. The Bertz CT molecular complexity index is 1830. The summed E-state index contributed by atoms with van der Waals surface area (Å²) in [5, 5.41) is -19.2. The van der Waals surface area contributed by atoms with Crippen LogP contribution in [0.15, 0.2) is 0 Å². The van der Waals surface area contributed by atoms with E-state index in [1.54, 1.807) is 0 Å². The van der Waals surface area contributed by atoms with Crippen molar-refractivity contribution in [2.75, 3.05) is 0 Å². The summed E-state index contributed by atoms with van der Waals surface area (Å²) in [6.45, 7) is 0. The highest BCUT2D eigenvalue weighted by molar-refractivity contribution is 8.01. The van der Waals surface area contributed by atoms with Crippen LogP contribution in [0.1, 0.15) is 0 Å². The van der Waals surface area contributed by atoms with Gasteiger partial charge in [-0.15, -0.1) is 3.63 Å². The van der Waals surface area contributed by atoms with Crippen LogP contribution in [-0.2, 0) is 23.9 Å². The van der Waals surface area contributed by atoms with Crippen LogP contribution in [0.5, 0.6) is 0 Å². The molecule has 5 nitrogen and oxygen atoms in total. The molecule has 0 aromatic rings. The Kier molecular flexibility index (Phi) is 13.1. The standard InChI is InChI=1S/C17F36O5S2/c18-1(19,2(20,21)6(28,29)10(36,37)14(44,45)46)4(24,25)8(32,33)12(40,41)16(50,51)59(54,55)58-60(56,57)17(52,53)13(42,43)9(34,35)5(26,27)3(22,23)7(30,31)11(38,39)15(47,48)49. The third kappa shape index (κ3) is 6.69. The lowest BCUT2D eigenvalue weighted by Gasteiger charge is -2.43. The van der Waals surface area contributed by atoms with Crippen LogP contribution in [0.2, 0.25) is 0 Å². The van der Waals surface area contributed by atoms with Gasteiger partial charge >= 0.3 is 120 Å². The first-order chi connectivity index (χ1) is 25.0. The summed E-state index contributed by atoms with van der Waals surface area (Å²) in [7, 11) is -20.5. The average Bonchev–Trinajstić information content (AvgIpc) is 2.97. The largest absolute Gasteiger partial charge is 0.460 e. The second-order valence-corrected chi connectivity index (χ2v) is 13.9. The zero-order valence-electron chi connectivity index (χ0n) is 25.0. The van der Waals surface area contributed by atoms with Crippen LogP contribution < -0.4 is 0 Å². The van der Waals surface area contributed by atoms with Crippen LogP contribution in [0, 0.1) is 0 Å². The van der Waals surface area contributed by atoms with Gasteiger partial charge in [-0.3, -0.25) is 0 Å². The third-order valence-electron chi connectivity index (χ3n) is 6.59. The van der Waals surface area contributed by atoms with Gasteiger partial charge in [0.2, 0.25) is 0 Å². The van der Waals surface area contributed by atoms with Gasteiger partial charge < -0.3 is 0 Å². The Hall–Kier alpha value is -2.66. The van der Waals surface area contributed by atoms with Gasteiger partial charge in [0.05, 0.1) is 0 Å². The molecular weight excluding hydrogens is 1030 g/mol. The van der Waals surface area contributed by atoms with E-state index in [0.29, 0.717) is 0 Å². The molecule has 0 aliphatic carbocycles. The number of hydrogen-bond donors (Lipinski definition) is 0. The SMILES string of the molecule is O=S(=O)(OS(=O)(=O)C(F)(F)C(F)(F)C(F)(F)C(F)(F)C(F)(F)C(F)(F)C(F)(F)C(F)(F)C(F)(F)F)C(F)(F)C(F)(F)C(F)(F)C(F)(F)C(F)(F)C(F)(F)C(F)(F)C(F)(F)F. The first-order valence-electron chi connectivity index (χ1n) is 12.0. The fourth-order valence-corrected chi connectivity index (χ4v) is 5.52. The smallest absolute Gasteiger partial charge is 0.192 e. The van der Waals surface area contributed by atoms with E-state index in [1.807, 2.05) is 0 Å². The highest BCUT2D eigenvalue weighted by Gasteiger charge is 2.99. The van der Waals surface area contributed by atoms with Crippen LogP contribution in [0.3, 0.4) is 0 Å². The molecule has 0 aliphatic rings. The summed E-state index contributed by atoms with van der Waals surface area (Å²) in [4.78, 5) is 0. The Balaban J connectivity index is 7.66. The van der Waals surface area contributed by atoms with Gasteiger partial charge in [-0.05, 0) is 0 Å². The van der Waals surface area contributed by atoms with Crippen molar-refractivity contribution >= 4 is 20.2 Å². The van der Waals surface area contributed by atoms with E-state index in [4.69, 9.17) is 0 Å². The van der Waals surface area contributed by atoms with Gasteiger partial charge in [0, 0.05) is 0 Å². The van der Waals surface area contributed by atoms with E-state index in [-0.39, 0.29) is 0 Å². The molecule has 0 saturated carbocycles. The first kappa shape index (κ1) is 57.3. The lowest BCUT2D eigenvalue weighted by Crippen LogP contribution is -2.76. The Morgan fingerprint density at radius 3 is 0.450 bits per heavy atom. The quantitative estimate of drug-likeness (QED) is 0.136. The monoisotopic (exact) mass is 1030 g/mol. The number of rotatable bonds is 17. The molecule has 0 radical (unpaired) electrons. The Labute approximate surface area is 299 Å². The van der Waals surface area contributed by atoms with Gasteiger partial charge in [0.1, 0.15) is 0 Å². The maximum absolute atomic E-state index is 14.0. The molecular formula is C17F36O5S2. The van der Waals surface area contributed by atoms with Crippen molar-refractivity contribution in [3.63, 3.8) is 0 Å². The second-order valence-electron chi connectivity index (χ2n) is 10.5. The molecule has 0 aromatic heterocycles. The molecule has 0 aliphatic heterocycles. The molecule has 0 amide bonds. The summed E-state index contributed by atoms with van der Waals surface area (Å²) in [6.07, 6.45) is -16.8. The molecule has 0 N–H and O–H groups in total. The zero-order valence-corrected chi connectivity index (χ0v) is 26.6. The summed E-state index contributed by atoms with van der Waals surface area (Å²) < 4.78 is 524. The van der Waals surface area contributed by atoms with Crippen LogP contribution in [-0.4, -0.2) is 117 Å². The van der Waals surface area contributed by atoms with Gasteiger partial charge in [-0.2, -0.15) is 175 Å². The van der Waals surface area contributed by atoms with E-state index < -0.39 is 120 Å². The Morgan fingerprint density at radius 2 is 0.317 bits per heavy atom. The fourth-order valence-electron chi connectivity index (χ4n) is 3.01.